The normalized spacial score (nSPS) is 14.0. The van der Waals surface area contributed by atoms with Gasteiger partial charge in [-0.05, 0) is 57.9 Å². The third kappa shape index (κ3) is 8.00. The molecule has 1 aromatic carbocycles. The molecular formula is C21H34N2O3. The Balaban J connectivity index is 2.91. The van der Waals surface area contributed by atoms with Crippen LogP contribution in [0.4, 0.5) is 0 Å². The van der Waals surface area contributed by atoms with E-state index in [4.69, 9.17) is 10.6 Å². The van der Waals surface area contributed by atoms with Crippen LogP contribution in [0.25, 0.3) is 0 Å². The van der Waals surface area contributed by atoms with Crippen LogP contribution in [0.1, 0.15) is 59.4 Å². The summed E-state index contributed by atoms with van der Waals surface area (Å²) in [7, 11) is 0. The van der Waals surface area contributed by atoms with E-state index in [1.165, 1.54) is 5.56 Å². The van der Waals surface area contributed by atoms with Crippen molar-refractivity contribution in [1.29, 1.82) is 0 Å². The van der Waals surface area contributed by atoms with Crippen molar-refractivity contribution in [2.45, 2.75) is 65.9 Å². The topological polar surface area (TPSA) is 81.4 Å². The van der Waals surface area contributed by atoms with Crippen molar-refractivity contribution in [3.05, 3.63) is 35.9 Å². The van der Waals surface area contributed by atoms with Gasteiger partial charge in [-0.2, -0.15) is 0 Å². The number of hydrogen-bond donors (Lipinski definition) is 2. The number of ether oxygens (including phenoxy) is 1. The van der Waals surface area contributed by atoms with Crippen LogP contribution in [-0.4, -0.2) is 17.5 Å². The van der Waals surface area contributed by atoms with Crippen molar-refractivity contribution in [2.24, 2.45) is 23.6 Å². The summed E-state index contributed by atoms with van der Waals surface area (Å²) < 4.78 is 5.60. The Hall–Kier alpha value is -1.88. The fourth-order valence-electron chi connectivity index (χ4n) is 3.10. The van der Waals surface area contributed by atoms with Crippen molar-refractivity contribution in [2.75, 3.05) is 0 Å². The minimum absolute atomic E-state index is 0.274. The number of rotatable bonds is 9. The molecular weight excluding hydrogens is 328 g/mol. The summed E-state index contributed by atoms with van der Waals surface area (Å²) in [4.78, 5) is 25.1. The number of hydrogen-bond acceptors (Lipinski definition) is 4. The number of amides is 1. The van der Waals surface area contributed by atoms with Crippen LogP contribution in [0.3, 0.4) is 0 Å². The highest BCUT2D eigenvalue weighted by Gasteiger charge is 2.36. The number of hydrazine groups is 1. The van der Waals surface area contributed by atoms with E-state index in [1.54, 1.807) is 0 Å². The van der Waals surface area contributed by atoms with Crippen molar-refractivity contribution in [1.82, 2.24) is 5.43 Å². The van der Waals surface area contributed by atoms with Crippen molar-refractivity contribution in [3.8, 4) is 0 Å². The quantitative estimate of drug-likeness (QED) is 0.304. The maximum absolute atomic E-state index is 12.8. The maximum Gasteiger partial charge on any atom is 0.310 e. The predicted octanol–water partition coefficient (Wildman–Crippen LogP) is 3.62. The van der Waals surface area contributed by atoms with Gasteiger partial charge >= 0.3 is 5.97 Å². The molecule has 2 atom stereocenters. The van der Waals surface area contributed by atoms with Gasteiger partial charge in [0.15, 0.2) is 0 Å². The molecule has 0 spiro atoms. The number of nitrogens with one attached hydrogen (secondary N) is 1. The molecule has 0 bridgehead atoms. The molecule has 0 aliphatic rings. The highest BCUT2D eigenvalue weighted by atomic mass is 16.6. The SMILES string of the molecule is CC(C)CC(C(=O)NN)[C@H](CCCc1ccccc1)C(=O)OC(C)(C)C. The van der Waals surface area contributed by atoms with Gasteiger partial charge in [-0.3, -0.25) is 15.0 Å². The molecule has 1 amide bonds. The zero-order valence-electron chi connectivity index (χ0n) is 16.7. The highest BCUT2D eigenvalue weighted by Crippen LogP contribution is 2.28. The Labute approximate surface area is 157 Å². The number of benzene rings is 1. The summed E-state index contributed by atoms with van der Waals surface area (Å²) in [5, 5.41) is 0. The smallest absolute Gasteiger partial charge is 0.310 e. The van der Waals surface area contributed by atoms with E-state index < -0.39 is 17.4 Å². The molecule has 0 saturated heterocycles. The van der Waals surface area contributed by atoms with Gasteiger partial charge in [-0.1, -0.05) is 44.2 Å². The van der Waals surface area contributed by atoms with Crippen LogP contribution in [0.5, 0.6) is 0 Å². The van der Waals surface area contributed by atoms with Gasteiger partial charge in [-0.15, -0.1) is 0 Å². The molecule has 0 radical (unpaired) electrons. The van der Waals surface area contributed by atoms with Crippen molar-refractivity contribution < 1.29 is 14.3 Å². The zero-order chi connectivity index (χ0) is 19.7. The molecule has 26 heavy (non-hydrogen) atoms. The van der Waals surface area contributed by atoms with Crippen LogP contribution >= 0.6 is 0 Å². The molecule has 0 saturated carbocycles. The van der Waals surface area contributed by atoms with E-state index in [2.05, 4.69) is 17.6 Å². The fraction of sp³-hybridized carbons (Fsp3) is 0.619. The monoisotopic (exact) mass is 362 g/mol. The van der Waals surface area contributed by atoms with Gasteiger partial charge in [0.1, 0.15) is 5.60 Å². The number of nitrogens with two attached hydrogens (primary N) is 1. The summed E-state index contributed by atoms with van der Waals surface area (Å²) in [6.45, 7) is 9.59. The van der Waals surface area contributed by atoms with Crippen LogP contribution in [-0.2, 0) is 20.7 Å². The van der Waals surface area contributed by atoms with Crippen molar-refractivity contribution in [3.63, 3.8) is 0 Å². The molecule has 0 fully saturated rings. The van der Waals surface area contributed by atoms with Crippen LogP contribution in [0, 0.1) is 17.8 Å². The maximum atomic E-state index is 12.8. The summed E-state index contributed by atoms with van der Waals surface area (Å²) in [6.07, 6.45) is 2.85. The van der Waals surface area contributed by atoms with E-state index in [9.17, 15) is 9.59 Å². The third-order valence-corrected chi connectivity index (χ3v) is 4.22. The predicted molar refractivity (Wildman–Crippen MR) is 104 cm³/mol. The van der Waals surface area contributed by atoms with Gasteiger partial charge in [0.05, 0.1) is 11.8 Å². The Morgan fingerprint density at radius 2 is 1.73 bits per heavy atom. The van der Waals surface area contributed by atoms with E-state index in [-0.39, 0.29) is 17.8 Å². The molecule has 146 valence electrons. The standard InChI is InChI=1S/C21H34N2O3/c1-15(2)14-18(19(24)23-22)17(20(25)26-21(3,4)5)13-9-12-16-10-7-6-8-11-16/h6-8,10-11,15,17-18H,9,12-14,22H2,1-5H3,(H,23,24)/t17-,18?/m0/s1. The molecule has 3 N–H and O–H groups in total. The molecule has 0 aliphatic heterocycles. The lowest BCUT2D eigenvalue weighted by Crippen LogP contribution is -2.43. The average Bonchev–Trinajstić information content (AvgIpc) is 2.55. The van der Waals surface area contributed by atoms with E-state index >= 15 is 0 Å². The molecule has 1 unspecified atom stereocenters. The zero-order valence-corrected chi connectivity index (χ0v) is 16.7. The molecule has 0 aromatic heterocycles. The van der Waals surface area contributed by atoms with E-state index in [0.29, 0.717) is 12.8 Å². The second-order valence-electron chi connectivity index (χ2n) is 8.26. The Morgan fingerprint density at radius 1 is 1.12 bits per heavy atom. The van der Waals surface area contributed by atoms with Crippen LogP contribution < -0.4 is 11.3 Å². The minimum Gasteiger partial charge on any atom is -0.460 e. The minimum atomic E-state index is -0.587. The fourth-order valence-corrected chi connectivity index (χ4v) is 3.10. The van der Waals surface area contributed by atoms with E-state index in [0.717, 1.165) is 12.8 Å². The van der Waals surface area contributed by atoms with Crippen LogP contribution in [0.15, 0.2) is 30.3 Å². The van der Waals surface area contributed by atoms with Gasteiger partial charge in [0, 0.05) is 0 Å². The first kappa shape index (κ1) is 22.2. The first-order valence-corrected chi connectivity index (χ1v) is 9.41. The first-order valence-electron chi connectivity index (χ1n) is 9.41. The summed E-state index contributed by atoms with van der Waals surface area (Å²) >= 11 is 0. The average molecular weight is 363 g/mol. The lowest BCUT2D eigenvalue weighted by Gasteiger charge is -2.29. The van der Waals surface area contributed by atoms with E-state index in [1.807, 2.05) is 52.8 Å². The number of carbonyl (C=O) groups is 2. The summed E-state index contributed by atoms with van der Waals surface area (Å²) in [5.74, 6) is 4.06. The highest BCUT2D eigenvalue weighted by molar-refractivity contribution is 5.85. The molecule has 5 nitrogen and oxygen atoms in total. The van der Waals surface area contributed by atoms with Gasteiger partial charge in [0.25, 0.3) is 0 Å². The Kier molecular flexibility index (Phi) is 8.79. The van der Waals surface area contributed by atoms with Crippen LogP contribution in [0.2, 0.25) is 0 Å². The molecule has 5 heteroatoms. The number of esters is 1. The Morgan fingerprint density at radius 3 is 2.23 bits per heavy atom. The lowest BCUT2D eigenvalue weighted by molar-refractivity contribution is -0.164. The largest absolute Gasteiger partial charge is 0.460 e. The number of aryl methyl sites for hydroxylation is 1. The molecule has 0 heterocycles. The number of carbonyl (C=O) groups excluding carboxylic acids is 2. The second-order valence-corrected chi connectivity index (χ2v) is 8.26. The molecule has 0 aliphatic carbocycles. The Bertz CT molecular complexity index is 564. The summed E-state index contributed by atoms with van der Waals surface area (Å²) in [6, 6.07) is 10.1. The second kappa shape index (κ2) is 10.3. The molecule has 1 aromatic rings. The van der Waals surface area contributed by atoms with Crippen molar-refractivity contribution >= 4 is 11.9 Å². The lowest BCUT2D eigenvalue weighted by atomic mass is 9.81. The van der Waals surface area contributed by atoms with Gasteiger partial charge < -0.3 is 4.74 Å². The van der Waals surface area contributed by atoms with Gasteiger partial charge in [0.2, 0.25) is 5.91 Å². The molecule has 1 rings (SSSR count). The first-order chi connectivity index (χ1) is 12.1. The third-order valence-electron chi connectivity index (χ3n) is 4.22. The summed E-state index contributed by atoms with van der Waals surface area (Å²) in [5.41, 5.74) is 2.86. The van der Waals surface area contributed by atoms with Gasteiger partial charge in [-0.25, -0.2) is 5.84 Å².